The van der Waals surface area contributed by atoms with E-state index < -0.39 is 0 Å². The van der Waals surface area contributed by atoms with E-state index in [-0.39, 0.29) is 11.2 Å². The van der Waals surface area contributed by atoms with Crippen molar-refractivity contribution in [1.82, 2.24) is 0 Å². The average molecular weight is 341 g/mol. The monoisotopic (exact) mass is 340 g/mol. The molecule has 0 aromatic heterocycles. The van der Waals surface area contributed by atoms with Gasteiger partial charge in [-0.05, 0) is 49.4 Å². The molecule has 0 radical (unpaired) electrons. The molecule has 6 heteroatoms. The van der Waals surface area contributed by atoms with E-state index in [1.165, 1.54) is 11.8 Å². The van der Waals surface area contributed by atoms with Gasteiger partial charge >= 0.3 is 0 Å². The fourth-order valence-electron chi connectivity index (χ4n) is 1.64. The first kappa shape index (κ1) is 16.0. The number of anilines is 2. The van der Waals surface area contributed by atoms with Gasteiger partial charge in [0.2, 0.25) is 5.91 Å². The molecule has 0 heterocycles. The molecular weight excluding hydrogens is 327 g/mol. The van der Waals surface area contributed by atoms with Crippen LogP contribution in [0.25, 0.3) is 0 Å². The van der Waals surface area contributed by atoms with Crippen LogP contribution in [-0.4, -0.2) is 11.2 Å². The topological polar surface area (TPSA) is 55.1 Å². The lowest BCUT2D eigenvalue weighted by molar-refractivity contribution is -0.115. The van der Waals surface area contributed by atoms with Crippen LogP contribution in [0.2, 0.25) is 10.0 Å². The zero-order chi connectivity index (χ0) is 15.4. The lowest BCUT2D eigenvalue weighted by Crippen LogP contribution is -2.22. The van der Waals surface area contributed by atoms with Crippen LogP contribution in [0.4, 0.5) is 11.4 Å². The van der Waals surface area contributed by atoms with Crippen molar-refractivity contribution in [2.75, 3.05) is 11.1 Å². The van der Waals surface area contributed by atoms with Gasteiger partial charge in [0, 0.05) is 14.9 Å². The van der Waals surface area contributed by atoms with Gasteiger partial charge in [-0.25, -0.2) is 0 Å². The van der Waals surface area contributed by atoms with E-state index in [0.29, 0.717) is 21.4 Å². The fourth-order valence-corrected chi connectivity index (χ4v) is 2.81. The number of rotatable bonds is 4. The Hall–Kier alpha value is -1.36. The van der Waals surface area contributed by atoms with Crippen molar-refractivity contribution in [3.63, 3.8) is 0 Å². The highest BCUT2D eigenvalue weighted by Gasteiger charge is 2.15. The molecule has 0 spiro atoms. The first-order valence-corrected chi connectivity index (χ1v) is 7.87. The minimum Gasteiger partial charge on any atom is -0.397 e. The summed E-state index contributed by atoms with van der Waals surface area (Å²) in [6, 6.07) is 12.3. The Kier molecular flexibility index (Phi) is 5.39. The molecule has 1 unspecified atom stereocenters. The van der Waals surface area contributed by atoms with Crippen molar-refractivity contribution in [2.45, 2.75) is 17.1 Å². The van der Waals surface area contributed by atoms with Crippen LogP contribution in [0, 0.1) is 0 Å². The second-order valence-corrected chi connectivity index (χ2v) is 6.72. The van der Waals surface area contributed by atoms with E-state index in [2.05, 4.69) is 5.32 Å². The number of carbonyl (C=O) groups is 1. The van der Waals surface area contributed by atoms with Gasteiger partial charge in [-0.15, -0.1) is 11.8 Å². The molecule has 0 aliphatic carbocycles. The molecule has 21 heavy (non-hydrogen) atoms. The summed E-state index contributed by atoms with van der Waals surface area (Å²) in [5, 5.41) is 3.71. The SMILES string of the molecule is CC(Sc1ccc(Cl)cc1)C(=O)Nc1cc(Cl)ccc1N. The molecule has 2 rings (SSSR count). The lowest BCUT2D eigenvalue weighted by atomic mass is 10.2. The molecule has 0 saturated heterocycles. The van der Waals surface area contributed by atoms with E-state index in [4.69, 9.17) is 28.9 Å². The quantitative estimate of drug-likeness (QED) is 0.626. The number of nitrogens with two attached hydrogens (primary N) is 1. The Balaban J connectivity index is 2.02. The van der Waals surface area contributed by atoms with E-state index in [1.54, 1.807) is 30.3 Å². The number of nitrogens with one attached hydrogen (secondary N) is 1. The smallest absolute Gasteiger partial charge is 0.237 e. The summed E-state index contributed by atoms with van der Waals surface area (Å²) in [6.07, 6.45) is 0. The highest BCUT2D eigenvalue weighted by atomic mass is 35.5. The first-order chi connectivity index (χ1) is 9.95. The van der Waals surface area contributed by atoms with E-state index in [0.717, 1.165) is 4.90 Å². The van der Waals surface area contributed by atoms with Gasteiger partial charge in [-0.2, -0.15) is 0 Å². The number of hydrogen-bond acceptors (Lipinski definition) is 3. The number of benzene rings is 2. The van der Waals surface area contributed by atoms with Gasteiger partial charge in [-0.1, -0.05) is 23.2 Å². The second kappa shape index (κ2) is 7.07. The van der Waals surface area contributed by atoms with E-state index >= 15 is 0 Å². The summed E-state index contributed by atoms with van der Waals surface area (Å²) in [7, 11) is 0. The molecule has 0 saturated carbocycles. The summed E-state index contributed by atoms with van der Waals surface area (Å²) in [5.74, 6) is -0.135. The second-order valence-electron chi connectivity index (χ2n) is 4.43. The van der Waals surface area contributed by atoms with Gasteiger partial charge in [0.15, 0.2) is 0 Å². The third-order valence-corrected chi connectivity index (χ3v) is 4.37. The maximum Gasteiger partial charge on any atom is 0.237 e. The van der Waals surface area contributed by atoms with Crippen LogP contribution in [0.1, 0.15) is 6.92 Å². The van der Waals surface area contributed by atoms with Crippen molar-refractivity contribution in [3.05, 3.63) is 52.5 Å². The average Bonchev–Trinajstić information content (AvgIpc) is 2.45. The van der Waals surface area contributed by atoms with Gasteiger partial charge in [0.1, 0.15) is 0 Å². The zero-order valence-electron chi connectivity index (χ0n) is 11.3. The highest BCUT2D eigenvalue weighted by molar-refractivity contribution is 8.00. The van der Waals surface area contributed by atoms with Crippen molar-refractivity contribution in [2.24, 2.45) is 0 Å². The summed E-state index contributed by atoms with van der Waals surface area (Å²) < 4.78 is 0. The van der Waals surface area contributed by atoms with E-state index in [1.807, 2.05) is 19.1 Å². The van der Waals surface area contributed by atoms with Gasteiger partial charge in [-0.3, -0.25) is 4.79 Å². The number of halogens is 2. The number of hydrogen-bond donors (Lipinski definition) is 2. The van der Waals surface area contributed by atoms with Crippen LogP contribution in [0.3, 0.4) is 0 Å². The number of amides is 1. The molecule has 3 N–H and O–H groups in total. The molecule has 110 valence electrons. The minimum absolute atomic E-state index is 0.135. The number of carbonyl (C=O) groups excluding carboxylic acids is 1. The summed E-state index contributed by atoms with van der Waals surface area (Å²) >= 11 is 13.2. The highest BCUT2D eigenvalue weighted by Crippen LogP contribution is 2.27. The van der Waals surface area contributed by atoms with Gasteiger partial charge in [0.25, 0.3) is 0 Å². The lowest BCUT2D eigenvalue weighted by Gasteiger charge is -2.13. The molecule has 2 aromatic carbocycles. The number of nitrogen functional groups attached to an aromatic ring is 1. The first-order valence-electron chi connectivity index (χ1n) is 6.24. The summed E-state index contributed by atoms with van der Waals surface area (Å²) in [4.78, 5) is 13.2. The third kappa shape index (κ3) is 4.56. The maximum atomic E-state index is 12.2. The predicted octanol–water partition coefficient (Wildman–Crippen LogP) is 4.69. The predicted molar refractivity (Wildman–Crippen MR) is 91.3 cm³/mol. The standard InChI is InChI=1S/C15H14Cl2N2OS/c1-9(21-12-5-2-10(16)3-6-12)15(20)19-14-8-11(17)4-7-13(14)18/h2-9H,18H2,1H3,(H,19,20). The molecule has 3 nitrogen and oxygen atoms in total. The van der Waals surface area contributed by atoms with Crippen molar-refractivity contribution in [3.8, 4) is 0 Å². The zero-order valence-corrected chi connectivity index (χ0v) is 13.6. The molecule has 0 fully saturated rings. The van der Waals surface area contributed by atoms with Crippen LogP contribution >= 0.6 is 35.0 Å². The van der Waals surface area contributed by atoms with Crippen LogP contribution in [0.15, 0.2) is 47.4 Å². The molecule has 0 bridgehead atoms. The van der Waals surface area contributed by atoms with Crippen LogP contribution in [0.5, 0.6) is 0 Å². The minimum atomic E-state index is -0.274. The van der Waals surface area contributed by atoms with Gasteiger partial charge in [0.05, 0.1) is 16.6 Å². The van der Waals surface area contributed by atoms with Crippen molar-refractivity contribution in [1.29, 1.82) is 0 Å². The molecule has 1 atom stereocenters. The Morgan fingerprint density at radius 3 is 2.43 bits per heavy atom. The Bertz CT molecular complexity index is 647. The Morgan fingerprint density at radius 1 is 1.14 bits per heavy atom. The largest absolute Gasteiger partial charge is 0.397 e. The molecule has 0 aliphatic rings. The fraction of sp³-hybridized carbons (Fsp3) is 0.133. The van der Waals surface area contributed by atoms with Gasteiger partial charge < -0.3 is 11.1 Å². The number of thioether (sulfide) groups is 1. The molecule has 1 amide bonds. The van der Waals surface area contributed by atoms with Crippen molar-refractivity contribution < 1.29 is 4.79 Å². The normalized spacial score (nSPS) is 12.0. The maximum absolute atomic E-state index is 12.2. The molecular formula is C15H14Cl2N2OS. The molecule has 0 aliphatic heterocycles. The Labute approximate surface area is 137 Å². The summed E-state index contributed by atoms with van der Waals surface area (Å²) in [6.45, 7) is 1.83. The molecule has 2 aromatic rings. The third-order valence-electron chi connectivity index (χ3n) is 2.77. The summed E-state index contributed by atoms with van der Waals surface area (Å²) in [5.41, 5.74) is 6.82. The van der Waals surface area contributed by atoms with Crippen molar-refractivity contribution >= 4 is 52.2 Å². The van der Waals surface area contributed by atoms with Crippen LogP contribution < -0.4 is 11.1 Å². The van der Waals surface area contributed by atoms with E-state index in [9.17, 15) is 4.79 Å². The van der Waals surface area contributed by atoms with Crippen LogP contribution in [-0.2, 0) is 4.79 Å². The Morgan fingerprint density at radius 2 is 1.76 bits per heavy atom.